The van der Waals surface area contributed by atoms with Gasteiger partial charge in [-0.05, 0) is 5.92 Å². The van der Waals surface area contributed by atoms with Crippen molar-refractivity contribution in [1.82, 2.24) is 0 Å². The zero-order valence-electron chi connectivity index (χ0n) is 33.3. The molecular formula is C46H94. The molecule has 0 heteroatoms. The number of hydrogen-bond acceptors (Lipinski definition) is 0. The number of rotatable bonds is 42. The van der Waals surface area contributed by atoms with Crippen LogP contribution in [0.25, 0.3) is 0 Å². The Hall–Kier alpha value is 0. The zero-order chi connectivity index (χ0) is 33.3. The van der Waals surface area contributed by atoms with E-state index in [9.17, 15) is 0 Å². The maximum atomic E-state index is 2.38. The van der Waals surface area contributed by atoms with Crippen molar-refractivity contribution in [3.8, 4) is 0 Å². The van der Waals surface area contributed by atoms with Gasteiger partial charge >= 0.3 is 0 Å². The van der Waals surface area contributed by atoms with Crippen molar-refractivity contribution in [1.29, 1.82) is 0 Å². The Bertz CT molecular complexity index is 494. The Kier molecular flexibility index (Phi) is 43.0. The molecule has 0 rings (SSSR count). The first-order valence-corrected chi connectivity index (χ1v) is 22.8. The van der Waals surface area contributed by atoms with Gasteiger partial charge in [0, 0.05) is 0 Å². The molecular weight excluding hydrogens is 553 g/mol. The van der Waals surface area contributed by atoms with E-state index in [2.05, 4.69) is 20.8 Å². The molecule has 0 aliphatic carbocycles. The van der Waals surface area contributed by atoms with Crippen molar-refractivity contribution in [2.24, 2.45) is 5.92 Å². The third-order valence-corrected chi connectivity index (χ3v) is 11.1. The molecule has 0 fully saturated rings. The van der Waals surface area contributed by atoms with Crippen LogP contribution in [0.1, 0.15) is 290 Å². The molecule has 0 saturated carbocycles. The second kappa shape index (κ2) is 43.0. The zero-order valence-corrected chi connectivity index (χ0v) is 33.3. The summed E-state index contributed by atoms with van der Waals surface area (Å²) in [7, 11) is 0. The third kappa shape index (κ3) is 40.2. The maximum Gasteiger partial charge on any atom is -0.0414 e. The largest absolute Gasteiger partial charge is 0.0654 e. The molecule has 0 nitrogen and oxygen atoms in total. The first-order valence-electron chi connectivity index (χ1n) is 22.8. The van der Waals surface area contributed by atoms with Gasteiger partial charge in [0.1, 0.15) is 0 Å². The van der Waals surface area contributed by atoms with E-state index in [-0.39, 0.29) is 0 Å². The van der Waals surface area contributed by atoms with Crippen LogP contribution in [-0.2, 0) is 0 Å². The lowest BCUT2D eigenvalue weighted by molar-refractivity contribution is 0.370. The molecule has 0 aliphatic rings. The maximum absolute atomic E-state index is 2.38. The molecule has 0 heterocycles. The molecule has 0 aromatic heterocycles. The fraction of sp³-hybridized carbons (Fsp3) is 1.00. The van der Waals surface area contributed by atoms with Gasteiger partial charge in [-0.15, -0.1) is 0 Å². The van der Waals surface area contributed by atoms with Gasteiger partial charge in [-0.3, -0.25) is 0 Å². The van der Waals surface area contributed by atoms with Gasteiger partial charge in [0.25, 0.3) is 0 Å². The molecule has 0 spiro atoms. The molecule has 46 heavy (non-hydrogen) atoms. The second-order valence-electron chi connectivity index (χ2n) is 16.0. The van der Waals surface area contributed by atoms with Crippen molar-refractivity contribution in [3.05, 3.63) is 0 Å². The van der Waals surface area contributed by atoms with Crippen molar-refractivity contribution in [3.63, 3.8) is 0 Å². The normalized spacial score (nSPS) is 12.3. The van der Waals surface area contributed by atoms with Crippen molar-refractivity contribution in [2.45, 2.75) is 290 Å². The van der Waals surface area contributed by atoms with Gasteiger partial charge in [0.05, 0.1) is 0 Å². The summed E-state index contributed by atoms with van der Waals surface area (Å²) in [6, 6.07) is 0. The predicted octanol–water partition coefficient (Wildman–Crippen LogP) is 18.0. The summed E-state index contributed by atoms with van der Waals surface area (Å²) in [6.07, 6.45) is 62.3. The van der Waals surface area contributed by atoms with Crippen molar-refractivity contribution in [2.75, 3.05) is 0 Å². The Morgan fingerprint density at radius 2 is 0.326 bits per heavy atom. The summed E-state index contributed by atoms with van der Waals surface area (Å²) in [4.78, 5) is 0. The van der Waals surface area contributed by atoms with Crippen LogP contribution in [0.4, 0.5) is 0 Å². The van der Waals surface area contributed by atoms with E-state index >= 15 is 0 Å². The fourth-order valence-electron chi connectivity index (χ4n) is 7.77. The first-order chi connectivity index (χ1) is 22.8. The van der Waals surface area contributed by atoms with Crippen LogP contribution in [0.3, 0.4) is 0 Å². The average molecular weight is 647 g/mol. The lowest BCUT2D eigenvalue weighted by atomic mass is 9.90. The van der Waals surface area contributed by atoms with Crippen LogP contribution in [0.15, 0.2) is 0 Å². The summed E-state index contributed by atoms with van der Waals surface area (Å²) >= 11 is 0. The highest BCUT2D eigenvalue weighted by Crippen LogP contribution is 2.24. The second-order valence-corrected chi connectivity index (χ2v) is 16.0. The summed E-state index contributed by atoms with van der Waals surface area (Å²) in [5.74, 6) is 1.03. The molecule has 0 saturated heterocycles. The van der Waals surface area contributed by atoms with Crippen molar-refractivity contribution >= 4 is 0 Å². The summed E-state index contributed by atoms with van der Waals surface area (Å²) in [5.41, 5.74) is 0. The quantitative estimate of drug-likeness (QED) is 0.0579. The molecule has 0 radical (unpaired) electrons. The van der Waals surface area contributed by atoms with Crippen LogP contribution >= 0.6 is 0 Å². The SMILES string of the molecule is CCCCCCCCCCCCCCCCCCCCCCC(CCCC)CCCCCCCCCCCCCCCCCCC. The number of unbranched alkanes of at least 4 members (excludes halogenated alkanes) is 36. The van der Waals surface area contributed by atoms with E-state index in [1.54, 1.807) is 0 Å². The third-order valence-electron chi connectivity index (χ3n) is 11.1. The van der Waals surface area contributed by atoms with E-state index in [4.69, 9.17) is 0 Å². The molecule has 0 aliphatic heterocycles. The smallest absolute Gasteiger partial charge is 0.0414 e. The molecule has 0 aromatic rings. The highest BCUT2D eigenvalue weighted by atomic mass is 14.1. The van der Waals surface area contributed by atoms with Crippen molar-refractivity contribution < 1.29 is 0 Å². The fourth-order valence-corrected chi connectivity index (χ4v) is 7.77. The summed E-state index contributed by atoms with van der Waals surface area (Å²) in [5, 5.41) is 0. The van der Waals surface area contributed by atoms with E-state index < -0.39 is 0 Å². The average Bonchev–Trinajstić information content (AvgIpc) is 3.07. The predicted molar refractivity (Wildman–Crippen MR) is 214 cm³/mol. The highest BCUT2D eigenvalue weighted by Gasteiger charge is 2.08. The molecule has 0 N–H and O–H groups in total. The Morgan fingerprint density at radius 3 is 0.522 bits per heavy atom. The van der Waals surface area contributed by atoms with Gasteiger partial charge < -0.3 is 0 Å². The van der Waals surface area contributed by atoms with Gasteiger partial charge in [-0.1, -0.05) is 290 Å². The Balaban J connectivity index is 3.41. The van der Waals surface area contributed by atoms with Crippen LogP contribution in [0.5, 0.6) is 0 Å². The molecule has 278 valence electrons. The van der Waals surface area contributed by atoms with E-state index in [1.807, 2.05) is 0 Å². The van der Waals surface area contributed by atoms with Gasteiger partial charge in [0.15, 0.2) is 0 Å². The standard InChI is InChI=1S/C46H94/c1-4-7-10-12-14-16-18-20-22-24-25-26-28-30-32-34-36-38-40-42-45-46(43-9-6-3)44-41-39-37-35-33-31-29-27-23-21-19-17-15-13-11-8-5-2/h46H,4-45H2,1-3H3. The number of hydrogen-bond donors (Lipinski definition) is 0. The van der Waals surface area contributed by atoms with Gasteiger partial charge in [-0.25, -0.2) is 0 Å². The lowest BCUT2D eigenvalue weighted by Crippen LogP contribution is -2.01. The monoisotopic (exact) mass is 647 g/mol. The van der Waals surface area contributed by atoms with Crippen LogP contribution < -0.4 is 0 Å². The molecule has 0 bridgehead atoms. The lowest BCUT2D eigenvalue weighted by Gasteiger charge is -2.16. The van der Waals surface area contributed by atoms with Crippen LogP contribution in [-0.4, -0.2) is 0 Å². The minimum Gasteiger partial charge on any atom is -0.0654 e. The summed E-state index contributed by atoms with van der Waals surface area (Å²) in [6.45, 7) is 7.01. The summed E-state index contributed by atoms with van der Waals surface area (Å²) < 4.78 is 0. The van der Waals surface area contributed by atoms with E-state index in [0.29, 0.717) is 0 Å². The molecule has 1 atom stereocenters. The molecule has 0 aromatic carbocycles. The highest BCUT2D eigenvalue weighted by molar-refractivity contribution is 4.62. The van der Waals surface area contributed by atoms with E-state index in [1.165, 1.54) is 270 Å². The van der Waals surface area contributed by atoms with E-state index in [0.717, 1.165) is 5.92 Å². The minimum atomic E-state index is 1.03. The molecule has 0 amide bonds. The van der Waals surface area contributed by atoms with Gasteiger partial charge in [-0.2, -0.15) is 0 Å². The Morgan fingerprint density at radius 1 is 0.174 bits per heavy atom. The first kappa shape index (κ1) is 46.0. The molecule has 1 unspecified atom stereocenters. The van der Waals surface area contributed by atoms with Crippen LogP contribution in [0, 0.1) is 5.92 Å². The minimum absolute atomic E-state index is 1.03. The topological polar surface area (TPSA) is 0 Å². The Labute approximate surface area is 295 Å². The van der Waals surface area contributed by atoms with Crippen LogP contribution in [0.2, 0.25) is 0 Å². The van der Waals surface area contributed by atoms with Gasteiger partial charge in [0.2, 0.25) is 0 Å².